The van der Waals surface area contributed by atoms with E-state index < -0.39 is 11.9 Å². The molecule has 0 radical (unpaired) electrons. The maximum Gasteiger partial charge on any atom is 0.323 e. The van der Waals surface area contributed by atoms with Crippen molar-refractivity contribution >= 4 is 5.97 Å². The minimum Gasteiger partial charge on any atom is -0.469 e. The maximum absolute atomic E-state index is 11.2. The average molecular weight is 193 g/mol. The molecule has 0 N–H and O–H groups in total. The van der Waals surface area contributed by atoms with Crippen LogP contribution < -0.4 is 0 Å². The summed E-state index contributed by atoms with van der Waals surface area (Å²) >= 11 is 0. The van der Waals surface area contributed by atoms with Crippen LogP contribution in [0.1, 0.15) is 18.6 Å². The third-order valence-electron chi connectivity index (χ3n) is 2.09. The van der Waals surface area contributed by atoms with Gasteiger partial charge in [-0.15, -0.1) is 0 Å². The van der Waals surface area contributed by atoms with Crippen LogP contribution in [0.2, 0.25) is 0 Å². The van der Waals surface area contributed by atoms with Crippen LogP contribution in [0.3, 0.4) is 0 Å². The number of furan rings is 1. The Hall–Kier alpha value is -1.76. The van der Waals surface area contributed by atoms with E-state index in [1.807, 2.05) is 6.07 Å². The zero-order valence-corrected chi connectivity index (χ0v) is 8.06. The summed E-state index contributed by atoms with van der Waals surface area (Å²) in [5, 5.41) is 8.80. The fraction of sp³-hybridized carbons (Fsp3) is 0.400. The number of hydrogen-bond donors (Lipinski definition) is 0. The quantitative estimate of drug-likeness (QED) is 0.685. The Kier molecular flexibility index (Phi) is 3.29. The highest BCUT2D eigenvalue weighted by molar-refractivity contribution is 5.76. The van der Waals surface area contributed by atoms with Crippen LogP contribution >= 0.6 is 0 Å². The monoisotopic (exact) mass is 193 g/mol. The summed E-state index contributed by atoms with van der Waals surface area (Å²) in [6.45, 7) is 1.75. The lowest BCUT2D eigenvalue weighted by Gasteiger charge is -2.12. The van der Waals surface area contributed by atoms with Gasteiger partial charge in [0.05, 0.1) is 19.4 Å². The predicted octanol–water partition coefficient (Wildman–Crippen LogP) is 1.70. The number of nitriles is 1. The minimum absolute atomic E-state index is 0.289. The van der Waals surface area contributed by atoms with Crippen LogP contribution in [0.25, 0.3) is 0 Å². The summed E-state index contributed by atoms with van der Waals surface area (Å²) in [5.74, 6) is -1.02. The summed E-state index contributed by atoms with van der Waals surface area (Å²) in [6, 6.07) is 5.36. The molecule has 14 heavy (non-hydrogen) atoms. The van der Waals surface area contributed by atoms with Crippen molar-refractivity contribution in [3.63, 3.8) is 0 Å². The van der Waals surface area contributed by atoms with Gasteiger partial charge < -0.3 is 9.15 Å². The van der Waals surface area contributed by atoms with Gasteiger partial charge in [-0.05, 0) is 12.1 Å². The fourth-order valence-corrected chi connectivity index (χ4v) is 1.21. The first-order valence-corrected chi connectivity index (χ1v) is 4.21. The Morgan fingerprint density at radius 1 is 1.71 bits per heavy atom. The number of ether oxygens (including phenoxy) is 1. The molecular formula is C10H11NO3. The summed E-state index contributed by atoms with van der Waals surface area (Å²) < 4.78 is 9.63. The lowest BCUT2D eigenvalue weighted by Crippen LogP contribution is -2.20. The summed E-state index contributed by atoms with van der Waals surface area (Å²) in [7, 11) is 1.27. The molecule has 0 spiro atoms. The lowest BCUT2D eigenvalue weighted by atomic mass is 9.93. The zero-order chi connectivity index (χ0) is 10.6. The molecule has 0 aliphatic heterocycles. The van der Waals surface area contributed by atoms with Crippen molar-refractivity contribution in [1.82, 2.24) is 0 Å². The first-order chi connectivity index (χ1) is 6.70. The van der Waals surface area contributed by atoms with Crippen LogP contribution in [0.5, 0.6) is 0 Å². The predicted molar refractivity (Wildman–Crippen MR) is 48.2 cm³/mol. The lowest BCUT2D eigenvalue weighted by molar-refractivity contribution is -0.144. The van der Waals surface area contributed by atoms with Crippen LogP contribution in [0.15, 0.2) is 22.8 Å². The Bertz CT molecular complexity index is 337. The van der Waals surface area contributed by atoms with Gasteiger partial charge in [0.1, 0.15) is 5.76 Å². The standard InChI is InChI=1S/C10H11NO3/c1-7(9-4-3-5-14-9)8(6-11)10(12)13-2/h3-5,7-8H,1-2H3. The largest absolute Gasteiger partial charge is 0.469 e. The van der Waals surface area contributed by atoms with Crippen molar-refractivity contribution in [2.45, 2.75) is 12.8 Å². The second-order valence-corrected chi connectivity index (χ2v) is 2.93. The van der Waals surface area contributed by atoms with E-state index in [0.29, 0.717) is 5.76 Å². The molecule has 1 heterocycles. The number of nitrogens with zero attached hydrogens (tertiary/aromatic N) is 1. The Morgan fingerprint density at radius 3 is 2.86 bits per heavy atom. The van der Waals surface area contributed by atoms with E-state index in [1.54, 1.807) is 19.1 Å². The third kappa shape index (κ3) is 1.94. The van der Waals surface area contributed by atoms with Gasteiger partial charge in [0.15, 0.2) is 5.92 Å². The van der Waals surface area contributed by atoms with Gasteiger partial charge in [-0.3, -0.25) is 4.79 Å². The molecule has 0 bridgehead atoms. The maximum atomic E-state index is 11.2. The second-order valence-electron chi connectivity index (χ2n) is 2.93. The SMILES string of the molecule is COC(=O)C(C#N)C(C)c1ccco1. The van der Waals surface area contributed by atoms with Crippen molar-refractivity contribution in [3.8, 4) is 6.07 Å². The zero-order valence-electron chi connectivity index (χ0n) is 8.06. The molecule has 0 aliphatic carbocycles. The molecule has 0 saturated heterocycles. The molecule has 2 atom stereocenters. The molecule has 2 unspecified atom stereocenters. The minimum atomic E-state index is -0.814. The smallest absolute Gasteiger partial charge is 0.323 e. The van der Waals surface area contributed by atoms with Crippen LogP contribution in [0, 0.1) is 17.2 Å². The Balaban J connectivity index is 2.82. The molecule has 4 nitrogen and oxygen atoms in total. The molecule has 74 valence electrons. The molecule has 0 saturated carbocycles. The van der Waals surface area contributed by atoms with Crippen molar-refractivity contribution in [3.05, 3.63) is 24.2 Å². The number of methoxy groups -OCH3 is 1. The Labute approximate surface area is 82.1 Å². The van der Waals surface area contributed by atoms with E-state index in [9.17, 15) is 4.79 Å². The molecule has 0 aliphatic rings. The molecular weight excluding hydrogens is 182 g/mol. The molecule has 0 aromatic carbocycles. The number of hydrogen-bond acceptors (Lipinski definition) is 4. The van der Waals surface area contributed by atoms with Gasteiger partial charge in [-0.25, -0.2) is 0 Å². The highest BCUT2D eigenvalue weighted by Crippen LogP contribution is 2.24. The average Bonchev–Trinajstić information content (AvgIpc) is 2.71. The number of rotatable bonds is 3. The first kappa shape index (κ1) is 10.3. The van der Waals surface area contributed by atoms with E-state index >= 15 is 0 Å². The van der Waals surface area contributed by atoms with Crippen molar-refractivity contribution in [2.75, 3.05) is 7.11 Å². The van der Waals surface area contributed by atoms with E-state index in [-0.39, 0.29) is 5.92 Å². The van der Waals surface area contributed by atoms with E-state index in [1.165, 1.54) is 13.4 Å². The van der Waals surface area contributed by atoms with Crippen LogP contribution in [-0.2, 0) is 9.53 Å². The first-order valence-electron chi connectivity index (χ1n) is 4.21. The van der Waals surface area contributed by atoms with Crippen LogP contribution in [-0.4, -0.2) is 13.1 Å². The molecule has 0 fully saturated rings. The molecule has 1 aromatic rings. The van der Waals surface area contributed by atoms with Gasteiger partial charge in [0.25, 0.3) is 0 Å². The van der Waals surface area contributed by atoms with Crippen molar-refractivity contribution < 1.29 is 13.9 Å². The summed E-state index contributed by atoms with van der Waals surface area (Å²) in [6.07, 6.45) is 1.51. The van der Waals surface area contributed by atoms with Crippen LogP contribution in [0.4, 0.5) is 0 Å². The molecule has 1 rings (SSSR count). The highest BCUT2D eigenvalue weighted by atomic mass is 16.5. The highest BCUT2D eigenvalue weighted by Gasteiger charge is 2.28. The Morgan fingerprint density at radius 2 is 2.43 bits per heavy atom. The third-order valence-corrected chi connectivity index (χ3v) is 2.09. The van der Waals surface area contributed by atoms with Gasteiger partial charge >= 0.3 is 5.97 Å². The van der Waals surface area contributed by atoms with E-state index in [2.05, 4.69) is 4.74 Å². The topological polar surface area (TPSA) is 63.2 Å². The van der Waals surface area contributed by atoms with E-state index in [4.69, 9.17) is 9.68 Å². The number of carbonyl (C=O) groups excluding carboxylic acids is 1. The summed E-state index contributed by atoms with van der Waals surface area (Å²) in [5.41, 5.74) is 0. The normalized spacial score (nSPS) is 14.1. The fourth-order valence-electron chi connectivity index (χ4n) is 1.21. The number of carbonyl (C=O) groups is 1. The van der Waals surface area contributed by atoms with Gasteiger partial charge in [-0.2, -0.15) is 5.26 Å². The van der Waals surface area contributed by atoms with Crippen molar-refractivity contribution in [2.24, 2.45) is 5.92 Å². The van der Waals surface area contributed by atoms with E-state index in [0.717, 1.165) is 0 Å². The second kappa shape index (κ2) is 4.47. The van der Waals surface area contributed by atoms with Gasteiger partial charge in [0.2, 0.25) is 0 Å². The van der Waals surface area contributed by atoms with Gasteiger partial charge in [0, 0.05) is 5.92 Å². The molecule has 4 heteroatoms. The number of esters is 1. The molecule has 1 aromatic heterocycles. The van der Waals surface area contributed by atoms with Crippen molar-refractivity contribution in [1.29, 1.82) is 5.26 Å². The molecule has 0 amide bonds. The summed E-state index contributed by atoms with van der Waals surface area (Å²) in [4.78, 5) is 11.2. The van der Waals surface area contributed by atoms with Gasteiger partial charge in [-0.1, -0.05) is 6.92 Å².